The summed E-state index contributed by atoms with van der Waals surface area (Å²) in [5.74, 6) is 1.14. The van der Waals surface area contributed by atoms with E-state index in [1.54, 1.807) is 6.92 Å². The van der Waals surface area contributed by atoms with E-state index < -0.39 is 11.2 Å². The van der Waals surface area contributed by atoms with Crippen LogP contribution in [0.5, 0.6) is 0 Å². The van der Waals surface area contributed by atoms with Gasteiger partial charge in [0, 0.05) is 5.75 Å². The summed E-state index contributed by atoms with van der Waals surface area (Å²) in [5, 5.41) is 10.2. The molecular formula is C13H22O5S. The summed E-state index contributed by atoms with van der Waals surface area (Å²) in [7, 11) is 1.39. The van der Waals surface area contributed by atoms with E-state index in [4.69, 9.17) is 9.78 Å². The van der Waals surface area contributed by atoms with Crippen LogP contribution in [0.1, 0.15) is 33.1 Å². The van der Waals surface area contributed by atoms with Crippen molar-refractivity contribution in [2.24, 2.45) is 5.92 Å². The molecule has 1 N–H and O–H groups in total. The Kier molecular flexibility index (Phi) is 4.45. The van der Waals surface area contributed by atoms with Gasteiger partial charge in [-0.3, -0.25) is 4.79 Å². The zero-order valence-corrected chi connectivity index (χ0v) is 12.5. The Morgan fingerprint density at radius 1 is 1.53 bits per heavy atom. The van der Waals surface area contributed by atoms with E-state index in [0.717, 1.165) is 19.3 Å². The second-order valence-corrected chi connectivity index (χ2v) is 6.86. The highest BCUT2D eigenvalue weighted by molar-refractivity contribution is 8.00. The molecule has 0 aromatic carbocycles. The number of esters is 1. The van der Waals surface area contributed by atoms with Crippen LogP contribution in [0.15, 0.2) is 0 Å². The molecule has 2 fully saturated rings. The van der Waals surface area contributed by atoms with Crippen molar-refractivity contribution >= 4 is 17.7 Å². The first kappa shape index (κ1) is 15.1. The van der Waals surface area contributed by atoms with Gasteiger partial charge < -0.3 is 9.84 Å². The third-order valence-corrected chi connectivity index (χ3v) is 5.46. The molecule has 0 radical (unpaired) electrons. The lowest BCUT2D eigenvalue weighted by molar-refractivity contribution is -0.441. The van der Waals surface area contributed by atoms with Crippen LogP contribution in [0.3, 0.4) is 0 Å². The fourth-order valence-electron chi connectivity index (χ4n) is 2.73. The third kappa shape index (κ3) is 3.24. The van der Waals surface area contributed by atoms with E-state index in [1.165, 1.54) is 18.9 Å². The number of methoxy groups -OCH3 is 1. The summed E-state index contributed by atoms with van der Waals surface area (Å²) in [4.78, 5) is 22.0. The standard InChI is InChI=1S/C13H22O5S/c1-12(15)5-4-9-6-10(12)17-18-13(9,2)8-19-7-11(14)16-3/h9-10,15H,4-8H2,1-3H3/t9-,10-,12-,13+/m1/s1. The molecule has 2 bridgehead atoms. The number of hydrogen-bond donors (Lipinski definition) is 1. The average Bonchev–Trinajstić information content (AvgIpc) is 2.36. The second-order valence-electron chi connectivity index (χ2n) is 5.88. The van der Waals surface area contributed by atoms with Crippen LogP contribution in [0.4, 0.5) is 0 Å². The Hall–Kier alpha value is -0.300. The smallest absolute Gasteiger partial charge is 0.315 e. The van der Waals surface area contributed by atoms with Crippen molar-refractivity contribution in [2.75, 3.05) is 18.6 Å². The van der Waals surface area contributed by atoms with Crippen LogP contribution in [0.2, 0.25) is 0 Å². The summed E-state index contributed by atoms with van der Waals surface area (Å²) in [6.07, 6.45) is 2.21. The molecule has 0 aromatic heterocycles. The van der Waals surface area contributed by atoms with E-state index >= 15 is 0 Å². The van der Waals surface area contributed by atoms with Crippen LogP contribution in [-0.4, -0.2) is 47.0 Å². The lowest BCUT2D eigenvalue weighted by atomic mass is 9.71. The zero-order valence-electron chi connectivity index (χ0n) is 11.7. The van der Waals surface area contributed by atoms with E-state index in [-0.39, 0.29) is 12.1 Å². The summed E-state index contributed by atoms with van der Waals surface area (Å²) >= 11 is 1.49. The molecule has 1 saturated carbocycles. The summed E-state index contributed by atoms with van der Waals surface area (Å²) in [5.41, 5.74) is -1.19. The van der Waals surface area contributed by atoms with Crippen molar-refractivity contribution in [1.82, 2.24) is 0 Å². The Morgan fingerprint density at radius 3 is 2.95 bits per heavy atom. The van der Waals surface area contributed by atoms with Gasteiger partial charge in [-0.25, -0.2) is 9.78 Å². The van der Waals surface area contributed by atoms with E-state index in [1.807, 2.05) is 6.92 Å². The number of carbonyl (C=O) groups excluding carboxylic acids is 1. The first-order valence-electron chi connectivity index (χ1n) is 6.59. The van der Waals surface area contributed by atoms with Gasteiger partial charge >= 0.3 is 5.97 Å². The first-order chi connectivity index (χ1) is 8.87. The lowest BCUT2D eigenvalue weighted by Crippen LogP contribution is -2.57. The van der Waals surface area contributed by atoms with Crippen molar-refractivity contribution < 1.29 is 24.4 Å². The number of carbonyl (C=O) groups is 1. The van der Waals surface area contributed by atoms with Crippen molar-refractivity contribution in [2.45, 2.75) is 50.4 Å². The molecule has 0 aromatic rings. The Morgan fingerprint density at radius 2 is 2.26 bits per heavy atom. The minimum absolute atomic E-state index is 0.227. The van der Waals surface area contributed by atoms with Crippen molar-refractivity contribution in [1.29, 1.82) is 0 Å². The molecule has 110 valence electrons. The number of hydrogen-bond acceptors (Lipinski definition) is 6. The average molecular weight is 290 g/mol. The van der Waals surface area contributed by atoms with Crippen molar-refractivity contribution in [3.63, 3.8) is 0 Å². The van der Waals surface area contributed by atoms with Crippen LogP contribution in [-0.2, 0) is 19.3 Å². The fraction of sp³-hybridized carbons (Fsp3) is 0.923. The molecule has 1 aliphatic carbocycles. The highest BCUT2D eigenvalue weighted by Gasteiger charge is 2.51. The zero-order chi connectivity index (χ0) is 14.1. The van der Waals surface area contributed by atoms with Crippen LogP contribution >= 0.6 is 11.8 Å². The van der Waals surface area contributed by atoms with Gasteiger partial charge in [-0.15, -0.1) is 11.8 Å². The predicted molar refractivity (Wildman–Crippen MR) is 71.7 cm³/mol. The highest BCUT2D eigenvalue weighted by atomic mass is 32.2. The molecule has 1 heterocycles. The lowest BCUT2D eigenvalue weighted by Gasteiger charge is -2.50. The molecular weight excluding hydrogens is 268 g/mol. The molecule has 6 heteroatoms. The molecule has 1 saturated heterocycles. The molecule has 2 rings (SSSR count). The van der Waals surface area contributed by atoms with E-state index in [9.17, 15) is 9.90 Å². The Bertz CT molecular complexity index is 346. The van der Waals surface area contributed by atoms with E-state index in [2.05, 4.69) is 4.74 Å². The van der Waals surface area contributed by atoms with Crippen LogP contribution < -0.4 is 0 Å². The SMILES string of the molecule is COC(=O)CSC[C@]1(C)OO[C@@H]2C[C@H]1CC[C@@]2(C)O. The number of ether oxygens (including phenoxy) is 1. The highest BCUT2D eigenvalue weighted by Crippen LogP contribution is 2.46. The number of rotatable bonds is 4. The maximum Gasteiger partial charge on any atom is 0.315 e. The van der Waals surface area contributed by atoms with Crippen LogP contribution in [0.25, 0.3) is 0 Å². The summed E-state index contributed by atoms with van der Waals surface area (Å²) in [6.45, 7) is 3.81. The van der Waals surface area contributed by atoms with Gasteiger partial charge in [-0.05, 0) is 39.0 Å². The van der Waals surface area contributed by atoms with Crippen molar-refractivity contribution in [3.8, 4) is 0 Å². The number of thioether (sulfide) groups is 1. The topological polar surface area (TPSA) is 65.0 Å². The quantitative estimate of drug-likeness (QED) is 0.626. The Balaban J connectivity index is 1.89. The molecule has 0 amide bonds. The third-order valence-electron chi connectivity index (χ3n) is 4.25. The van der Waals surface area contributed by atoms with Gasteiger partial charge in [-0.1, -0.05) is 0 Å². The largest absolute Gasteiger partial charge is 0.468 e. The van der Waals surface area contributed by atoms with Gasteiger partial charge in [0.15, 0.2) is 0 Å². The van der Waals surface area contributed by atoms with Gasteiger partial charge in [-0.2, -0.15) is 0 Å². The van der Waals surface area contributed by atoms with Crippen LogP contribution in [0, 0.1) is 5.92 Å². The number of aliphatic hydroxyl groups is 1. The maximum absolute atomic E-state index is 11.1. The molecule has 1 aliphatic heterocycles. The van der Waals surface area contributed by atoms with Gasteiger partial charge in [0.1, 0.15) is 11.7 Å². The summed E-state index contributed by atoms with van der Waals surface area (Å²) < 4.78 is 4.62. The molecule has 19 heavy (non-hydrogen) atoms. The molecule has 0 unspecified atom stereocenters. The predicted octanol–water partition coefficient (Wildman–Crippen LogP) is 1.53. The summed E-state index contributed by atoms with van der Waals surface area (Å²) in [6, 6.07) is 0. The first-order valence-corrected chi connectivity index (χ1v) is 7.74. The minimum atomic E-state index is -0.795. The van der Waals surface area contributed by atoms with E-state index in [0.29, 0.717) is 17.4 Å². The van der Waals surface area contributed by atoms with Gasteiger partial charge in [0.25, 0.3) is 0 Å². The van der Waals surface area contributed by atoms with Gasteiger partial charge in [0.05, 0.1) is 18.5 Å². The normalized spacial score (nSPS) is 41.9. The molecule has 2 aliphatic rings. The molecule has 4 atom stereocenters. The second kappa shape index (κ2) is 5.60. The maximum atomic E-state index is 11.1. The monoisotopic (exact) mass is 290 g/mol. The fourth-order valence-corrected chi connectivity index (χ4v) is 3.80. The molecule has 5 nitrogen and oxygen atoms in total. The Labute approximate surface area is 117 Å². The van der Waals surface area contributed by atoms with Gasteiger partial charge in [0.2, 0.25) is 0 Å². The minimum Gasteiger partial charge on any atom is -0.468 e. The molecule has 0 spiro atoms. The van der Waals surface area contributed by atoms with Crippen molar-refractivity contribution in [3.05, 3.63) is 0 Å². The number of fused-ring (bicyclic) bond motifs is 2.